The van der Waals surface area contributed by atoms with Crippen molar-refractivity contribution in [3.05, 3.63) is 16.5 Å². The highest BCUT2D eigenvalue weighted by molar-refractivity contribution is 7.91. The second kappa shape index (κ2) is 5.40. The number of piperidine rings is 1. The predicted octanol–water partition coefficient (Wildman–Crippen LogP) is 2.34. The summed E-state index contributed by atoms with van der Waals surface area (Å²) in [5.74, 6) is 0.595. The molecule has 112 valence electrons. The van der Waals surface area contributed by atoms with Gasteiger partial charge in [-0.2, -0.15) is 4.31 Å². The molecule has 6 heteroatoms. The standard InChI is InChI=1S/C14H22N2O2S2/c1-3-15-8-13-10(2)6-14(19-13)20(17,18)16-9-11-4-5-12(16)7-11/h6,11-12,15H,3-5,7-9H2,1-2H3. The molecular weight excluding hydrogens is 292 g/mol. The van der Waals surface area contributed by atoms with Crippen LogP contribution in [0.25, 0.3) is 0 Å². The number of rotatable bonds is 5. The van der Waals surface area contributed by atoms with Gasteiger partial charge >= 0.3 is 0 Å². The van der Waals surface area contributed by atoms with E-state index in [9.17, 15) is 8.42 Å². The number of sulfonamides is 1. The first-order chi connectivity index (χ1) is 9.52. The molecule has 1 N–H and O–H groups in total. The normalized spacial score (nSPS) is 26.5. The van der Waals surface area contributed by atoms with Gasteiger partial charge in [-0.05, 0) is 50.3 Å². The first-order valence-corrected chi connectivity index (χ1v) is 9.60. The van der Waals surface area contributed by atoms with Crippen molar-refractivity contribution in [2.75, 3.05) is 13.1 Å². The van der Waals surface area contributed by atoms with E-state index in [4.69, 9.17) is 0 Å². The van der Waals surface area contributed by atoms with Gasteiger partial charge in [0.15, 0.2) is 0 Å². The van der Waals surface area contributed by atoms with E-state index in [-0.39, 0.29) is 6.04 Å². The second-order valence-electron chi connectivity index (χ2n) is 5.86. The molecule has 2 aliphatic rings. The van der Waals surface area contributed by atoms with Gasteiger partial charge in [0.2, 0.25) is 0 Å². The molecule has 0 spiro atoms. The Kier molecular flexibility index (Phi) is 3.92. The molecule has 1 aromatic rings. The van der Waals surface area contributed by atoms with Crippen molar-refractivity contribution in [2.45, 2.75) is 49.9 Å². The molecule has 2 heterocycles. The molecule has 2 fully saturated rings. The Morgan fingerprint density at radius 1 is 1.45 bits per heavy atom. The van der Waals surface area contributed by atoms with Crippen molar-refractivity contribution in [2.24, 2.45) is 5.92 Å². The van der Waals surface area contributed by atoms with E-state index < -0.39 is 10.0 Å². The molecule has 2 atom stereocenters. The van der Waals surface area contributed by atoms with Crippen LogP contribution in [0.5, 0.6) is 0 Å². The van der Waals surface area contributed by atoms with Crippen molar-refractivity contribution in [1.29, 1.82) is 0 Å². The molecule has 2 unspecified atom stereocenters. The molecule has 1 aromatic heterocycles. The monoisotopic (exact) mass is 314 g/mol. The number of hydrogen-bond acceptors (Lipinski definition) is 4. The summed E-state index contributed by atoms with van der Waals surface area (Å²) in [6.07, 6.45) is 3.30. The van der Waals surface area contributed by atoms with Crippen molar-refractivity contribution in [1.82, 2.24) is 9.62 Å². The average Bonchev–Trinajstić information content (AvgIpc) is 3.11. The van der Waals surface area contributed by atoms with E-state index in [1.165, 1.54) is 17.8 Å². The highest BCUT2D eigenvalue weighted by Crippen LogP contribution is 2.41. The fourth-order valence-corrected chi connectivity index (χ4v) is 6.75. The SMILES string of the molecule is CCNCc1sc(S(=O)(=O)N2CC3CCC2C3)cc1C. The maximum atomic E-state index is 12.8. The topological polar surface area (TPSA) is 49.4 Å². The molecule has 1 saturated heterocycles. The number of thiophene rings is 1. The van der Waals surface area contributed by atoms with Crippen LogP contribution in [-0.2, 0) is 16.6 Å². The van der Waals surface area contributed by atoms with Gasteiger partial charge in [0.05, 0.1) is 0 Å². The third-order valence-electron chi connectivity index (χ3n) is 4.46. The van der Waals surface area contributed by atoms with Crippen LogP contribution in [0.2, 0.25) is 0 Å². The zero-order chi connectivity index (χ0) is 14.3. The van der Waals surface area contributed by atoms with Crippen LogP contribution in [-0.4, -0.2) is 31.9 Å². The highest BCUT2D eigenvalue weighted by Gasteiger charge is 2.44. The van der Waals surface area contributed by atoms with Crippen molar-refractivity contribution in [3.63, 3.8) is 0 Å². The van der Waals surface area contributed by atoms with Crippen LogP contribution >= 0.6 is 11.3 Å². The number of aryl methyl sites for hydroxylation is 1. The Hall–Kier alpha value is -0.430. The van der Waals surface area contributed by atoms with Gasteiger partial charge in [0.1, 0.15) is 4.21 Å². The van der Waals surface area contributed by atoms with Gasteiger partial charge in [-0.3, -0.25) is 0 Å². The van der Waals surface area contributed by atoms with E-state index >= 15 is 0 Å². The first kappa shape index (κ1) is 14.5. The van der Waals surface area contributed by atoms with E-state index in [1.807, 2.05) is 13.0 Å². The summed E-state index contributed by atoms with van der Waals surface area (Å²) >= 11 is 1.43. The Morgan fingerprint density at radius 3 is 2.85 bits per heavy atom. The largest absolute Gasteiger partial charge is 0.312 e. The lowest BCUT2D eigenvalue weighted by atomic mass is 10.1. The van der Waals surface area contributed by atoms with Crippen LogP contribution in [0.1, 0.15) is 36.6 Å². The Bertz CT molecular complexity index is 594. The lowest BCUT2D eigenvalue weighted by molar-refractivity contribution is 0.334. The van der Waals surface area contributed by atoms with Gasteiger partial charge in [-0.15, -0.1) is 11.3 Å². The molecule has 20 heavy (non-hydrogen) atoms. The van der Waals surface area contributed by atoms with Crippen LogP contribution in [0, 0.1) is 12.8 Å². The minimum absolute atomic E-state index is 0.254. The summed E-state index contributed by atoms with van der Waals surface area (Å²) in [5.41, 5.74) is 1.08. The van der Waals surface area contributed by atoms with Gasteiger partial charge in [-0.1, -0.05) is 6.92 Å². The molecule has 1 aliphatic heterocycles. The van der Waals surface area contributed by atoms with E-state index in [2.05, 4.69) is 12.2 Å². The zero-order valence-corrected chi connectivity index (χ0v) is 13.7. The van der Waals surface area contributed by atoms with Gasteiger partial charge in [0, 0.05) is 24.0 Å². The Morgan fingerprint density at radius 2 is 2.25 bits per heavy atom. The molecule has 1 saturated carbocycles. The molecule has 2 bridgehead atoms. The molecule has 0 amide bonds. The second-order valence-corrected chi connectivity index (χ2v) is 9.11. The summed E-state index contributed by atoms with van der Waals surface area (Å²) < 4.78 is 27.8. The fourth-order valence-electron chi connectivity index (χ4n) is 3.32. The molecule has 0 radical (unpaired) electrons. The summed E-state index contributed by atoms with van der Waals surface area (Å²) in [6.45, 7) is 6.44. The van der Waals surface area contributed by atoms with Crippen molar-refractivity contribution >= 4 is 21.4 Å². The summed E-state index contributed by atoms with van der Waals surface area (Å²) in [5, 5.41) is 3.27. The molecular formula is C14H22N2O2S2. The lowest BCUT2D eigenvalue weighted by Crippen LogP contribution is -2.37. The van der Waals surface area contributed by atoms with Gasteiger partial charge in [0.25, 0.3) is 10.0 Å². The average molecular weight is 314 g/mol. The van der Waals surface area contributed by atoms with Crippen LogP contribution in [0.4, 0.5) is 0 Å². The van der Waals surface area contributed by atoms with E-state index in [1.54, 1.807) is 4.31 Å². The van der Waals surface area contributed by atoms with Gasteiger partial charge in [-0.25, -0.2) is 8.42 Å². The number of hydrogen-bond donors (Lipinski definition) is 1. The number of fused-ring (bicyclic) bond motifs is 2. The minimum atomic E-state index is -3.27. The third kappa shape index (κ3) is 2.43. The highest BCUT2D eigenvalue weighted by atomic mass is 32.2. The number of nitrogens with zero attached hydrogens (tertiary/aromatic N) is 1. The van der Waals surface area contributed by atoms with E-state index in [0.29, 0.717) is 10.1 Å². The predicted molar refractivity (Wildman–Crippen MR) is 81.5 cm³/mol. The summed E-state index contributed by atoms with van der Waals surface area (Å²) in [7, 11) is -3.27. The maximum absolute atomic E-state index is 12.8. The van der Waals surface area contributed by atoms with Crippen molar-refractivity contribution < 1.29 is 8.42 Å². The zero-order valence-electron chi connectivity index (χ0n) is 12.1. The minimum Gasteiger partial charge on any atom is -0.312 e. The number of nitrogens with one attached hydrogen (secondary N) is 1. The van der Waals surface area contributed by atoms with E-state index in [0.717, 1.165) is 42.9 Å². The molecule has 3 rings (SSSR count). The van der Waals surface area contributed by atoms with Crippen LogP contribution < -0.4 is 5.32 Å². The summed E-state index contributed by atoms with van der Waals surface area (Å²) in [6, 6.07) is 2.10. The summed E-state index contributed by atoms with van der Waals surface area (Å²) in [4.78, 5) is 1.13. The first-order valence-electron chi connectivity index (χ1n) is 7.34. The molecule has 4 nitrogen and oxygen atoms in total. The van der Waals surface area contributed by atoms with Crippen LogP contribution in [0.15, 0.2) is 10.3 Å². The van der Waals surface area contributed by atoms with Crippen molar-refractivity contribution in [3.8, 4) is 0 Å². The molecule has 0 aromatic carbocycles. The Balaban J connectivity index is 1.84. The molecule has 1 aliphatic carbocycles. The Labute approximate surface area is 125 Å². The van der Waals surface area contributed by atoms with Gasteiger partial charge < -0.3 is 5.32 Å². The fraction of sp³-hybridized carbons (Fsp3) is 0.714. The van der Waals surface area contributed by atoms with Crippen LogP contribution in [0.3, 0.4) is 0 Å². The third-order valence-corrected chi connectivity index (χ3v) is 8.06. The maximum Gasteiger partial charge on any atom is 0.252 e. The lowest BCUT2D eigenvalue weighted by Gasteiger charge is -2.25. The quantitative estimate of drug-likeness (QED) is 0.907. The smallest absolute Gasteiger partial charge is 0.252 e.